The van der Waals surface area contributed by atoms with Gasteiger partial charge in [-0.25, -0.2) is 0 Å². The number of rotatable bonds is 3. The van der Waals surface area contributed by atoms with Gasteiger partial charge in [0.2, 0.25) is 11.8 Å². The van der Waals surface area contributed by atoms with Crippen molar-refractivity contribution in [2.24, 2.45) is 5.41 Å². The van der Waals surface area contributed by atoms with Crippen LogP contribution >= 0.6 is 0 Å². The Kier molecular flexibility index (Phi) is 4.76. The Hall–Kier alpha value is -2.21. The molecule has 0 saturated carbocycles. The molecular weight excluding hydrogens is 342 g/mol. The van der Waals surface area contributed by atoms with E-state index in [4.69, 9.17) is 9.15 Å². The third kappa shape index (κ3) is 3.27. The van der Waals surface area contributed by atoms with Crippen LogP contribution in [-0.4, -0.2) is 47.3 Å². The molecule has 2 fully saturated rings. The van der Waals surface area contributed by atoms with Gasteiger partial charge < -0.3 is 14.1 Å². The summed E-state index contributed by atoms with van der Waals surface area (Å²) in [7, 11) is 0. The summed E-state index contributed by atoms with van der Waals surface area (Å²) in [5.74, 6) is 1.68. The van der Waals surface area contributed by atoms with Gasteiger partial charge in [-0.1, -0.05) is 32.0 Å². The van der Waals surface area contributed by atoms with Gasteiger partial charge in [0.1, 0.15) is 0 Å². The number of ether oxygens (including phenoxy) is 1. The van der Waals surface area contributed by atoms with E-state index in [1.807, 2.05) is 49.9 Å². The number of aryl methyl sites for hydroxylation is 1. The first-order chi connectivity index (χ1) is 13.0. The van der Waals surface area contributed by atoms with Gasteiger partial charge in [-0.05, 0) is 31.4 Å². The molecular formula is C21H27N3O3. The van der Waals surface area contributed by atoms with Gasteiger partial charge in [0.15, 0.2) is 0 Å². The largest absolute Gasteiger partial charge is 0.425 e. The molecule has 1 amide bonds. The van der Waals surface area contributed by atoms with Crippen molar-refractivity contribution in [3.8, 4) is 0 Å². The van der Waals surface area contributed by atoms with Gasteiger partial charge in [0.05, 0.1) is 5.92 Å². The topological polar surface area (TPSA) is 68.5 Å². The van der Waals surface area contributed by atoms with Crippen molar-refractivity contribution in [2.75, 3.05) is 26.3 Å². The minimum Gasteiger partial charge on any atom is -0.425 e. The second kappa shape index (κ2) is 7.08. The van der Waals surface area contributed by atoms with Gasteiger partial charge in [-0.15, -0.1) is 10.2 Å². The molecule has 0 bridgehead atoms. The summed E-state index contributed by atoms with van der Waals surface area (Å²) in [6, 6.07) is 7.78. The average Bonchev–Trinajstić information content (AvgIpc) is 3.28. The minimum atomic E-state index is -0.0443. The number of carbonyl (C=O) groups is 1. The number of likely N-dealkylation sites (tertiary alicyclic amines) is 1. The van der Waals surface area contributed by atoms with Gasteiger partial charge in [0, 0.05) is 43.2 Å². The van der Waals surface area contributed by atoms with Crippen LogP contribution in [0, 0.1) is 12.3 Å². The number of carbonyl (C=O) groups excluding carboxylic acids is 1. The molecule has 1 aromatic heterocycles. The van der Waals surface area contributed by atoms with E-state index in [1.165, 1.54) is 0 Å². The Morgan fingerprint density at radius 1 is 1.22 bits per heavy atom. The van der Waals surface area contributed by atoms with Crippen LogP contribution in [0.4, 0.5) is 0 Å². The standard InChI is InChI=1S/C21H27N3O3/c1-14(2)18-22-23-19(27-18)17-12-24(13-21(17)8-10-26-11-9-21)20(25)16-7-5-4-6-15(16)3/h4-7,14,17H,8-13H2,1-3H3. The smallest absolute Gasteiger partial charge is 0.254 e. The fraction of sp³-hybridized carbons (Fsp3) is 0.571. The second-order valence-corrected chi connectivity index (χ2v) is 8.16. The monoisotopic (exact) mass is 369 g/mol. The van der Waals surface area contributed by atoms with Crippen LogP contribution in [0.2, 0.25) is 0 Å². The van der Waals surface area contributed by atoms with Crippen molar-refractivity contribution >= 4 is 5.91 Å². The molecule has 2 aliphatic rings. The van der Waals surface area contributed by atoms with Gasteiger partial charge in [-0.3, -0.25) is 4.79 Å². The minimum absolute atomic E-state index is 0.0443. The molecule has 3 heterocycles. The first kappa shape index (κ1) is 18.2. The Bertz CT molecular complexity index is 824. The fourth-order valence-electron chi connectivity index (χ4n) is 4.35. The van der Waals surface area contributed by atoms with Gasteiger partial charge >= 0.3 is 0 Å². The highest BCUT2D eigenvalue weighted by Crippen LogP contribution is 2.49. The lowest BCUT2D eigenvalue weighted by atomic mass is 9.72. The molecule has 2 aliphatic heterocycles. The maximum Gasteiger partial charge on any atom is 0.254 e. The van der Waals surface area contributed by atoms with E-state index in [0.29, 0.717) is 38.1 Å². The Morgan fingerprint density at radius 2 is 1.96 bits per heavy atom. The van der Waals surface area contributed by atoms with Gasteiger partial charge in [-0.2, -0.15) is 0 Å². The summed E-state index contributed by atoms with van der Waals surface area (Å²) in [5.41, 5.74) is 1.73. The van der Waals surface area contributed by atoms with Crippen molar-refractivity contribution in [3.63, 3.8) is 0 Å². The molecule has 0 N–H and O–H groups in total. The molecule has 6 heteroatoms. The maximum absolute atomic E-state index is 13.2. The summed E-state index contributed by atoms with van der Waals surface area (Å²) < 4.78 is 11.6. The normalized spacial score (nSPS) is 21.9. The average molecular weight is 369 g/mol. The van der Waals surface area contributed by atoms with Crippen LogP contribution in [0.3, 0.4) is 0 Å². The lowest BCUT2D eigenvalue weighted by Crippen LogP contribution is -2.37. The van der Waals surface area contributed by atoms with Crippen molar-refractivity contribution in [3.05, 3.63) is 47.2 Å². The van der Waals surface area contributed by atoms with E-state index in [1.54, 1.807) is 0 Å². The Morgan fingerprint density at radius 3 is 2.63 bits per heavy atom. The molecule has 1 atom stereocenters. The summed E-state index contributed by atoms with van der Waals surface area (Å²) >= 11 is 0. The number of hydrogen-bond donors (Lipinski definition) is 0. The zero-order valence-electron chi connectivity index (χ0n) is 16.3. The van der Waals surface area contributed by atoms with Crippen LogP contribution in [0.25, 0.3) is 0 Å². The molecule has 27 heavy (non-hydrogen) atoms. The summed E-state index contributed by atoms with van der Waals surface area (Å²) in [6.07, 6.45) is 1.82. The Labute approximate surface area is 159 Å². The lowest BCUT2D eigenvalue weighted by Gasteiger charge is -2.36. The first-order valence-corrected chi connectivity index (χ1v) is 9.76. The zero-order valence-corrected chi connectivity index (χ0v) is 16.3. The number of aromatic nitrogens is 2. The van der Waals surface area contributed by atoms with Crippen LogP contribution in [0.5, 0.6) is 0 Å². The summed E-state index contributed by atoms with van der Waals surface area (Å²) in [6.45, 7) is 8.84. The van der Waals surface area contributed by atoms with Crippen LogP contribution in [0.1, 0.15) is 66.2 Å². The van der Waals surface area contributed by atoms with E-state index in [0.717, 1.165) is 24.0 Å². The van der Waals surface area contributed by atoms with E-state index in [9.17, 15) is 4.79 Å². The van der Waals surface area contributed by atoms with Gasteiger partial charge in [0.25, 0.3) is 5.91 Å². The SMILES string of the molecule is Cc1ccccc1C(=O)N1CC(c2nnc(C(C)C)o2)C2(CCOCC2)C1. The fourth-order valence-corrected chi connectivity index (χ4v) is 4.35. The van der Waals surface area contributed by atoms with Crippen LogP contribution in [-0.2, 0) is 4.74 Å². The predicted molar refractivity (Wildman–Crippen MR) is 101 cm³/mol. The molecule has 4 rings (SSSR count). The molecule has 0 radical (unpaired) electrons. The molecule has 6 nitrogen and oxygen atoms in total. The van der Waals surface area contributed by atoms with Crippen molar-refractivity contribution < 1.29 is 13.9 Å². The number of benzene rings is 1. The number of nitrogens with zero attached hydrogens (tertiary/aromatic N) is 3. The molecule has 1 aromatic carbocycles. The molecule has 144 valence electrons. The zero-order chi connectivity index (χ0) is 19.0. The number of amides is 1. The summed E-state index contributed by atoms with van der Waals surface area (Å²) in [5, 5.41) is 8.59. The van der Waals surface area contributed by atoms with E-state index >= 15 is 0 Å². The van der Waals surface area contributed by atoms with E-state index in [-0.39, 0.29) is 23.2 Å². The molecule has 2 aromatic rings. The molecule has 1 unspecified atom stereocenters. The molecule has 2 saturated heterocycles. The van der Waals surface area contributed by atoms with E-state index in [2.05, 4.69) is 10.2 Å². The summed E-state index contributed by atoms with van der Waals surface area (Å²) in [4.78, 5) is 15.2. The first-order valence-electron chi connectivity index (χ1n) is 9.76. The highest BCUT2D eigenvalue weighted by atomic mass is 16.5. The van der Waals surface area contributed by atoms with Crippen molar-refractivity contribution in [1.29, 1.82) is 0 Å². The Balaban J connectivity index is 1.65. The van der Waals surface area contributed by atoms with Crippen molar-refractivity contribution in [2.45, 2.75) is 45.4 Å². The lowest BCUT2D eigenvalue weighted by molar-refractivity contribution is 0.00887. The molecule has 1 spiro atoms. The highest BCUT2D eigenvalue weighted by molar-refractivity contribution is 5.95. The van der Waals surface area contributed by atoms with Crippen molar-refractivity contribution in [1.82, 2.24) is 15.1 Å². The third-order valence-electron chi connectivity index (χ3n) is 6.05. The highest BCUT2D eigenvalue weighted by Gasteiger charge is 2.51. The van der Waals surface area contributed by atoms with Crippen LogP contribution in [0.15, 0.2) is 28.7 Å². The predicted octanol–water partition coefficient (Wildman–Crippen LogP) is 3.54. The molecule has 0 aliphatic carbocycles. The third-order valence-corrected chi connectivity index (χ3v) is 6.05. The second-order valence-electron chi connectivity index (χ2n) is 8.16. The quantitative estimate of drug-likeness (QED) is 0.828. The van der Waals surface area contributed by atoms with E-state index < -0.39 is 0 Å². The maximum atomic E-state index is 13.2. The van der Waals surface area contributed by atoms with Crippen LogP contribution < -0.4 is 0 Å². The number of hydrogen-bond acceptors (Lipinski definition) is 5.